The fourth-order valence-corrected chi connectivity index (χ4v) is 6.23. The minimum absolute atomic E-state index is 0.332. The standard InChI is InChI=1S/C41H25N3O/c1-3-11-27(12-4-1)39-42-40(28-13-5-2-6-14-28)44-41(43-39)34-16-9-17-37-38(34)35-25-30(21-23-36(35)45-37)29-20-22-33-31(24-29)19-18-26-10-7-8-15-32(26)33/h1-25H/i23D. The zero-order valence-electron chi connectivity index (χ0n) is 25.1. The lowest BCUT2D eigenvalue weighted by atomic mass is 9.96. The maximum Gasteiger partial charge on any atom is 0.164 e. The number of hydrogen-bond acceptors (Lipinski definition) is 4. The summed E-state index contributed by atoms with van der Waals surface area (Å²) in [6, 6.07) is 49.5. The van der Waals surface area contributed by atoms with Gasteiger partial charge in [0.25, 0.3) is 0 Å². The van der Waals surface area contributed by atoms with Crippen molar-refractivity contribution in [3.8, 4) is 45.3 Å². The summed E-state index contributed by atoms with van der Waals surface area (Å²) < 4.78 is 15.3. The van der Waals surface area contributed by atoms with E-state index in [-0.39, 0.29) is 0 Å². The minimum atomic E-state index is 0.332. The number of aromatic nitrogens is 3. The molecular weight excluding hydrogens is 550 g/mol. The van der Waals surface area contributed by atoms with E-state index in [4.69, 9.17) is 20.7 Å². The lowest BCUT2D eigenvalue weighted by Crippen LogP contribution is -2.00. The quantitative estimate of drug-likeness (QED) is 0.196. The molecule has 0 bridgehead atoms. The first-order valence-electron chi connectivity index (χ1n) is 15.4. The van der Waals surface area contributed by atoms with Gasteiger partial charge in [-0.05, 0) is 56.9 Å². The molecule has 4 nitrogen and oxygen atoms in total. The van der Waals surface area contributed by atoms with Crippen LogP contribution in [0, 0.1) is 0 Å². The Morgan fingerprint density at radius 3 is 1.84 bits per heavy atom. The molecule has 0 spiro atoms. The smallest absolute Gasteiger partial charge is 0.164 e. The van der Waals surface area contributed by atoms with Gasteiger partial charge < -0.3 is 4.42 Å². The summed E-state index contributed by atoms with van der Waals surface area (Å²) in [6.07, 6.45) is 0. The highest BCUT2D eigenvalue weighted by Crippen LogP contribution is 2.39. The molecular formula is C41H25N3O. The zero-order chi connectivity index (χ0) is 30.6. The number of hydrogen-bond donors (Lipinski definition) is 0. The van der Waals surface area contributed by atoms with Crippen molar-refractivity contribution in [2.24, 2.45) is 0 Å². The van der Waals surface area contributed by atoms with Crippen molar-refractivity contribution in [3.63, 3.8) is 0 Å². The van der Waals surface area contributed by atoms with Gasteiger partial charge in [-0.1, -0.05) is 127 Å². The fraction of sp³-hybridized carbons (Fsp3) is 0. The average Bonchev–Trinajstić information content (AvgIpc) is 3.51. The molecule has 9 aromatic rings. The Kier molecular flexibility index (Phi) is 5.54. The Balaban J connectivity index is 1.26. The van der Waals surface area contributed by atoms with Crippen molar-refractivity contribution in [1.29, 1.82) is 0 Å². The van der Waals surface area contributed by atoms with Crippen molar-refractivity contribution < 1.29 is 5.79 Å². The minimum Gasteiger partial charge on any atom is -0.456 e. The van der Waals surface area contributed by atoms with E-state index in [0.717, 1.165) is 44.0 Å². The zero-order valence-corrected chi connectivity index (χ0v) is 24.1. The van der Waals surface area contributed by atoms with E-state index in [1.807, 2.05) is 84.9 Å². The molecule has 4 heteroatoms. The van der Waals surface area contributed by atoms with Crippen LogP contribution in [0.4, 0.5) is 0 Å². The topological polar surface area (TPSA) is 51.8 Å². The predicted molar refractivity (Wildman–Crippen MR) is 184 cm³/mol. The first kappa shape index (κ1) is 24.3. The first-order chi connectivity index (χ1) is 22.7. The van der Waals surface area contributed by atoms with Crippen LogP contribution in [0.1, 0.15) is 1.37 Å². The third-order valence-electron chi connectivity index (χ3n) is 8.43. The molecule has 9 rings (SSSR count). The van der Waals surface area contributed by atoms with Crippen LogP contribution in [0.5, 0.6) is 0 Å². The number of furan rings is 1. The third kappa shape index (κ3) is 4.35. The molecule has 0 N–H and O–H groups in total. The van der Waals surface area contributed by atoms with Gasteiger partial charge in [0.1, 0.15) is 11.2 Å². The molecule has 0 aliphatic carbocycles. The van der Waals surface area contributed by atoms with Crippen LogP contribution < -0.4 is 0 Å². The van der Waals surface area contributed by atoms with E-state index in [1.165, 1.54) is 16.2 Å². The van der Waals surface area contributed by atoms with E-state index < -0.39 is 0 Å². The highest BCUT2D eigenvalue weighted by molar-refractivity contribution is 6.13. The van der Waals surface area contributed by atoms with Gasteiger partial charge in [-0.15, -0.1) is 0 Å². The normalized spacial score (nSPS) is 11.9. The largest absolute Gasteiger partial charge is 0.456 e. The Morgan fingerprint density at radius 1 is 0.422 bits per heavy atom. The van der Waals surface area contributed by atoms with Gasteiger partial charge in [0, 0.05) is 27.5 Å². The molecule has 0 aliphatic rings. The summed E-state index contributed by atoms with van der Waals surface area (Å²) in [5.41, 5.74) is 5.87. The van der Waals surface area contributed by atoms with E-state index in [1.54, 1.807) is 0 Å². The summed E-state index contributed by atoms with van der Waals surface area (Å²) in [7, 11) is 0. The van der Waals surface area contributed by atoms with Crippen LogP contribution >= 0.6 is 0 Å². The van der Waals surface area contributed by atoms with Crippen LogP contribution in [-0.4, -0.2) is 15.0 Å². The highest BCUT2D eigenvalue weighted by Gasteiger charge is 2.18. The average molecular weight is 577 g/mol. The molecule has 7 aromatic carbocycles. The molecule has 0 aliphatic heterocycles. The van der Waals surface area contributed by atoms with E-state index in [0.29, 0.717) is 34.7 Å². The van der Waals surface area contributed by atoms with Crippen LogP contribution in [0.2, 0.25) is 0 Å². The van der Waals surface area contributed by atoms with Crippen molar-refractivity contribution in [3.05, 3.63) is 152 Å². The van der Waals surface area contributed by atoms with Gasteiger partial charge in [0.15, 0.2) is 17.5 Å². The molecule has 45 heavy (non-hydrogen) atoms. The summed E-state index contributed by atoms with van der Waals surface area (Å²) in [5, 5.41) is 6.56. The second-order valence-corrected chi connectivity index (χ2v) is 11.2. The molecule has 210 valence electrons. The first-order valence-corrected chi connectivity index (χ1v) is 14.9. The fourth-order valence-electron chi connectivity index (χ4n) is 6.23. The van der Waals surface area contributed by atoms with Gasteiger partial charge >= 0.3 is 0 Å². The molecule has 0 radical (unpaired) electrons. The van der Waals surface area contributed by atoms with Gasteiger partial charge in [-0.2, -0.15) is 0 Å². The lowest BCUT2D eigenvalue weighted by Gasteiger charge is -2.09. The van der Waals surface area contributed by atoms with Crippen LogP contribution in [0.25, 0.3) is 88.8 Å². The van der Waals surface area contributed by atoms with Gasteiger partial charge in [0.05, 0.1) is 1.37 Å². The maximum absolute atomic E-state index is 8.99. The number of fused-ring (bicyclic) bond motifs is 6. The molecule has 2 aromatic heterocycles. The van der Waals surface area contributed by atoms with Crippen molar-refractivity contribution >= 4 is 43.5 Å². The van der Waals surface area contributed by atoms with E-state index >= 15 is 0 Å². The number of rotatable bonds is 4. The molecule has 0 saturated carbocycles. The van der Waals surface area contributed by atoms with Gasteiger partial charge in [0.2, 0.25) is 0 Å². The summed E-state index contributed by atoms with van der Waals surface area (Å²) >= 11 is 0. The Morgan fingerprint density at radius 2 is 1.07 bits per heavy atom. The number of nitrogens with zero attached hydrogens (tertiary/aromatic N) is 3. The Bertz CT molecular complexity index is 2540. The van der Waals surface area contributed by atoms with Crippen LogP contribution in [0.3, 0.4) is 0 Å². The Hall–Kier alpha value is -6.13. The molecule has 0 saturated heterocycles. The third-order valence-corrected chi connectivity index (χ3v) is 8.43. The van der Waals surface area contributed by atoms with Crippen molar-refractivity contribution in [2.75, 3.05) is 0 Å². The maximum atomic E-state index is 8.99. The van der Waals surface area contributed by atoms with Crippen molar-refractivity contribution in [2.45, 2.75) is 0 Å². The van der Waals surface area contributed by atoms with Crippen LogP contribution in [-0.2, 0) is 0 Å². The van der Waals surface area contributed by atoms with Crippen LogP contribution in [0.15, 0.2) is 156 Å². The summed E-state index contributed by atoms with van der Waals surface area (Å²) in [6.45, 7) is 0. The second kappa shape index (κ2) is 10.2. The molecule has 2 heterocycles. The molecule has 0 unspecified atom stereocenters. The van der Waals surface area contributed by atoms with Gasteiger partial charge in [-0.3, -0.25) is 0 Å². The van der Waals surface area contributed by atoms with Gasteiger partial charge in [-0.25, -0.2) is 15.0 Å². The van der Waals surface area contributed by atoms with E-state index in [9.17, 15) is 0 Å². The second-order valence-electron chi connectivity index (χ2n) is 11.2. The SMILES string of the molecule is [2H]c1cc(-c2ccc3c(ccc4ccccc43)c2)cc2c1oc1cccc(-c3nc(-c4ccccc4)nc(-c4ccccc4)n3)c12. The number of benzene rings is 7. The van der Waals surface area contributed by atoms with Crippen molar-refractivity contribution in [1.82, 2.24) is 15.0 Å². The molecule has 0 atom stereocenters. The highest BCUT2D eigenvalue weighted by atomic mass is 16.3. The Labute approximate surface area is 260 Å². The molecule has 0 fully saturated rings. The molecule has 0 amide bonds. The van der Waals surface area contributed by atoms with E-state index in [2.05, 4.69) is 60.7 Å². The summed E-state index contributed by atoms with van der Waals surface area (Å²) in [4.78, 5) is 14.8. The lowest BCUT2D eigenvalue weighted by molar-refractivity contribution is 0.669. The predicted octanol–water partition coefficient (Wildman–Crippen LogP) is 10.7. The summed E-state index contributed by atoms with van der Waals surface area (Å²) in [5.74, 6) is 1.75. The monoisotopic (exact) mass is 576 g/mol.